The van der Waals surface area contributed by atoms with E-state index in [1.165, 1.54) is 30.0 Å². The van der Waals surface area contributed by atoms with Gasteiger partial charge in [-0.15, -0.1) is 11.8 Å². The molecular weight excluding hydrogens is 368 g/mol. The van der Waals surface area contributed by atoms with Crippen molar-refractivity contribution in [3.63, 3.8) is 0 Å². The van der Waals surface area contributed by atoms with Crippen LogP contribution in [0.25, 0.3) is 10.8 Å². The first-order chi connectivity index (χ1) is 12.3. The van der Waals surface area contributed by atoms with Gasteiger partial charge in [-0.1, -0.05) is 36.4 Å². The van der Waals surface area contributed by atoms with Crippen molar-refractivity contribution >= 4 is 44.2 Å². The Balaban J connectivity index is 1.71. The highest BCUT2D eigenvalue weighted by Crippen LogP contribution is 2.27. The third kappa shape index (κ3) is 4.43. The van der Waals surface area contributed by atoms with E-state index in [1.54, 1.807) is 13.0 Å². The molecule has 0 bridgehead atoms. The molecule has 3 aromatic carbocycles. The first-order valence-corrected chi connectivity index (χ1v) is 10.3. The van der Waals surface area contributed by atoms with Gasteiger partial charge in [0.25, 0.3) is 0 Å². The summed E-state index contributed by atoms with van der Waals surface area (Å²) in [6.45, 7) is 1.80. The second-order valence-electron chi connectivity index (χ2n) is 5.83. The Kier molecular flexibility index (Phi) is 5.31. The van der Waals surface area contributed by atoms with Gasteiger partial charge in [0.2, 0.25) is 15.9 Å². The molecule has 0 aromatic heterocycles. The fourth-order valence-corrected chi connectivity index (χ4v) is 3.97. The van der Waals surface area contributed by atoms with Gasteiger partial charge >= 0.3 is 0 Å². The van der Waals surface area contributed by atoms with Crippen molar-refractivity contribution in [3.05, 3.63) is 66.7 Å². The third-order valence-electron chi connectivity index (χ3n) is 3.83. The first kappa shape index (κ1) is 18.4. The molecule has 0 heterocycles. The Labute approximate surface area is 156 Å². The molecule has 0 aliphatic heterocycles. The van der Waals surface area contributed by atoms with Gasteiger partial charge < -0.3 is 5.32 Å². The molecule has 26 heavy (non-hydrogen) atoms. The van der Waals surface area contributed by atoms with Crippen molar-refractivity contribution in [2.24, 2.45) is 5.14 Å². The van der Waals surface area contributed by atoms with E-state index in [0.717, 1.165) is 15.7 Å². The summed E-state index contributed by atoms with van der Waals surface area (Å²) in [6, 6.07) is 20.0. The number of hydrogen-bond donors (Lipinski definition) is 2. The van der Waals surface area contributed by atoms with Crippen LogP contribution in [0.2, 0.25) is 0 Å². The Morgan fingerprint density at radius 2 is 1.73 bits per heavy atom. The molecule has 134 valence electrons. The zero-order valence-corrected chi connectivity index (χ0v) is 15.7. The molecule has 0 fully saturated rings. The Hall–Kier alpha value is -2.35. The molecule has 1 atom stereocenters. The molecule has 0 spiro atoms. The average Bonchev–Trinajstić information content (AvgIpc) is 2.61. The van der Waals surface area contributed by atoms with Crippen LogP contribution in [0, 0.1) is 0 Å². The standard InChI is InChI=1S/C19H18N2O3S2/c1-13(25-17-10-9-14-5-2-3-6-15(14)11-17)19(22)21-16-7-4-8-18(12-16)26(20,23)24/h2-13H,1H3,(H,21,22)(H2,20,23,24)/t13-/m1/s1. The summed E-state index contributed by atoms with van der Waals surface area (Å²) in [6.07, 6.45) is 0. The number of sulfonamides is 1. The lowest BCUT2D eigenvalue weighted by Gasteiger charge is -2.13. The molecule has 3 N–H and O–H groups in total. The molecule has 3 aromatic rings. The predicted molar refractivity (Wildman–Crippen MR) is 106 cm³/mol. The van der Waals surface area contributed by atoms with Gasteiger partial charge in [-0.3, -0.25) is 4.79 Å². The maximum Gasteiger partial charge on any atom is 0.238 e. The first-order valence-electron chi connectivity index (χ1n) is 7.92. The summed E-state index contributed by atoms with van der Waals surface area (Å²) in [4.78, 5) is 13.4. The molecular formula is C19H18N2O3S2. The normalized spacial score (nSPS) is 12.7. The van der Waals surface area contributed by atoms with E-state index in [1.807, 2.05) is 42.5 Å². The lowest BCUT2D eigenvalue weighted by atomic mass is 10.1. The summed E-state index contributed by atoms with van der Waals surface area (Å²) in [5, 5.41) is 9.76. The van der Waals surface area contributed by atoms with Crippen molar-refractivity contribution in [2.75, 3.05) is 5.32 Å². The fourth-order valence-electron chi connectivity index (χ4n) is 2.49. The number of anilines is 1. The molecule has 0 saturated carbocycles. The van der Waals surface area contributed by atoms with Crippen LogP contribution in [0.5, 0.6) is 0 Å². The highest BCUT2D eigenvalue weighted by Gasteiger charge is 2.16. The maximum atomic E-state index is 12.4. The number of carbonyl (C=O) groups is 1. The topological polar surface area (TPSA) is 89.3 Å². The van der Waals surface area contributed by atoms with Crippen LogP contribution in [0.4, 0.5) is 5.69 Å². The number of thioether (sulfide) groups is 1. The van der Waals surface area contributed by atoms with Crippen molar-refractivity contribution in [1.29, 1.82) is 0 Å². The smallest absolute Gasteiger partial charge is 0.238 e. The van der Waals surface area contributed by atoms with Crippen LogP contribution in [0.15, 0.2) is 76.5 Å². The average molecular weight is 386 g/mol. The number of carbonyl (C=O) groups excluding carboxylic acids is 1. The quantitative estimate of drug-likeness (QED) is 0.656. The minimum Gasteiger partial charge on any atom is -0.325 e. The number of nitrogens with one attached hydrogen (secondary N) is 1. The van der Waals surface area contributed by atoms with Crippen LogP contribution in [-0.2, 0) is 14.8 Å². The number of fused-ring (bicyclic) bond motifs is 1. The van der Waals surface area contributed by atoms with Crippen molar-refractivity contribution < 1.29 is 13.2 Å². The molecule has 5 nitrogen and oxygen atoms in total. The second kappa shape index (κ2) is 7.49. The minimum absolute atomic E-state index is 0.0369. The molecule has 0 aliphatic carbocycles. The molecule has 0 radical (unpaired) electrons. The third-order valence-corrected chi connectivity index (χ3v) is 5.84. The lowest BCUT2D eigenvalue weighted by Crippen LogP contribution is -2.22. The largest absolute Gasteiger partial charge is 0.325 e. The second-order valence-corrected chi connectivity index (χ2v) is 8.81. The van der Waals surface area contributed by atoms with E-state index < -0.39 is 10.0 Å². The van der Waals surface area contributed by atoms with Crippen LogP contribution < -0.4 is 10.5 Å². The summed E-state index contributed by atoms with van der Waals surface area (Å²) in [5.74, 6) is -0.213. The predicted octanol–water partition coefficient (Wildman–Crippen LogP) is 3.61. The lowest BCUT2D eigenvalue weighted by molar-refractivity contribution is -0.115. The van der Waals surface area contributed by atoms with E-state index in [4.69, 9.17) is 5.14 Å². The van der Waals surface area contributed by atoms with Gasteiger partial charge in [-0.2, -0.15) is 0 Å². The van der Waals surface area contributed by atoms with Gasteiger partial charge in [0.05, 0.1) is 10.1 Å². The summed E-state index contributed by atoms with van der Waals surface area (Å²) >= 11 is 1.44. The monoisotopic (exact) mass is 386 g/mol. The Morgan fingerprint density at radius 1 is 1.00 bits per heavy atom. The van der Waals surface area contributed by atoms with Crippen molar-refractivity contribution in [2.45, 2.75) is 22.0 Å². The number of hydrogen-bond acceptors (Lipinski definition) is 4. The van der Waals surface area contributed by atoms with Gasteiger partial charge in [0.15, 0.2) is 0 Å². The number of benzene rings is 3. The van der Waals surface area contributed by atoms with Gasteiger partial charge in [-0.25, -0.2) is 13.6 Å². The molecule has 0 aliphatic rings. The van der Waals surface area contributed by atoms with E-state index >= 15 is 0 Å². The highest BCUT2D eigenvalue weighted by molar-refractivity contribution is 8.00. The Bertz CT molecular complexity index is 1070. The Morgan fingerprint density at radius 3 is 2.46 bits per heavy atom. The molecule has 0 saturated heterocycles. The minimum atomic E-state index is -3.81. The summed E-state index contributed by atoms with van der Waals surface area (Å²) < 4.78 is 22.8. The maximum absolute atomic E-state index is 12.4. The van der Waals surface area contributed by atoms with Gasteiger partial charge in [-0.05, 0) is 48.0 Å². The zero-order valence-electron chi connectivity index (χ0n) is 14.0. The number of nitrogens with two attached hydrogens (primary N) is 1. The number of amides is 1. The molecule has 7 heteroatoms. The van der Waals surface area contributed by atoms with Crippen LogP contribution in [-0.4, -0.2) is 19.6 Å². The van der Waals surface area contributed by atoms with E-state index in [2.05, 4.69) is 5.32 Å². The molecule has 3 rings (SSSR count). The molecule has 1 amide bonds. The van der Waals surface area contributed by atoms with E-state index in [9.17, 15) is 13.2 Å². The molecule has 0 unspecified atom stereocenters. The van der Waals surface area contributed by atoms with Gasteiger partial charge in [0, 0.05) is 10.6 Å². The summed E-state index contributed by atoms with van der Waals surface area (Å²) in [5.41, 5.74) is 0.396. The van der Waals surface area contributed by atoms with E-state index in [-0.39, 0.29) is 16.1 Å². The SMILES string of the molecule is C[C@@H](Sc1ccc2ccccc2c1)C(=O)Nc1cccc(S(N)(=O)=O)c1. The van der Waals surface area contributed by atoms with Crippen molar-refractivity contribution in [1.82, 2.24) is 0 Å². The van der Waals surface area contributed by atoms with E-state index in [0.29, 0.717) is 5.69 Å². The number of primary sulfonamides is 1. The highest BCUT2D eigenvalue weighted by atomic mass is 32.2. The zero-order chi connectivity index (χ0) is 18.7. The van der Waals surface area contributed by atoms with Gasteiger partial charge in [0.1, 0.15) is 0 Å². The van der Waals surface area contributed by atoms with Crippen LogP contribution >= 0.6 is 11.8 Å². The van der Waals surface area contributed by atoms with Crippen LogP contribution in [0.1, 0.15) is 6.92 Å². The summed E-state index contributed by atoms with van der Waals surface area (Å²) in [7, 11) is -3.81. The fraction of sp³-hybridized carbons (Fsp3) is 0.105. The number of rotatable bonds is 5. The van der Waals surface area contributed by atoms with Crippen molar-refractivity contribution in [3.8, 4) is 0 Å². The van der Waals surface area contributed by atoms with Crippen LogP contribution in [0.3, 0.4) is 0 Å².